The van der Waals surface area contributed by atoms with Crippen LogP contribution >= 0.6 is 11.3 Å². The Morgan fingerprint density at radius 1 is 1.03 bits per heavy atom. The number of amides is 1. The highest BCUT2D eigenvalue weighted by atomic mass is 32.1. The van der Waals surface area contributed by atoms with E-state index in [0.29, 0.717) is 19.0 Å². The first-order valence-electron chi connectivity index (χ1n) is 10.4. The van der Waals surface area contributed by atoms with Gasteiger partial charge in [-0.1, -0.05) is 18.2 Å². The van der Waals surface area contributed by atoms with Crippen LogP contribution in [0, 0.1) is 5.92 Å². The van der Waals surface area contributed by atoms with Crippen molar-refractivity contribution in [2.75, 3.05) is 32.1 Å². The lowest BCUT2D eigenvalue weighted by Gasteiger charge is -2.42. The first-order valence-corrected chi connectivity index (χ1v) is 11.2. The number of rotatable bonds is 3. The molecule has 3 aromatic rings. The molecule has 1 amide bonds. The Morgan fingerprint density at radius 2 is 1.83 bits per heavy atom. The number of carbonyl (C=O) groups is 1. The zero-order valence-corrected chi connectivity index (χ0v) is 18.1. The number of hydrogen-bond donors (Lipinski definition) is 0. The third kappa shape index (κ3) is 3.25. The van der Waals surface area contributed by atoms with Crippen LogP contribution < -0.4 is 10.5 Å². The summed E-state index contributed by atoms with van der Waals surface area (Å²) in [5.74, 6) is 0.664. The molecule has 1 fully saturated rings. The third-order valence-corrected chi connectivity index (χ3v) is 7.18. The van der Waals surface area contributed by atoms with Gasteiger partial charge in [0, 0.05) is 56.6 Å². The molecule has 2 aliphatic heterocycles. The highest BCUT2D eigenvalue weighted by Gasteiger charge is 2.37. The Bertz CT molecular complexity index is 1130. The summed E-state index contributed by atoms with van der Waals surface area (Å²) in [6.45, 7) is 2.09. The molecule has 2 atom stereocenters. The lowest BCUT2D eigenvalue weighted by Crippen LogP contribution is -2.49. The number of nitrogens with zero attached hydrogens (tertiary/aromatic N) is 3. The van der Waals surface area contributed by atoms with Gasteiger partial charge in [0.2, 0.25) is 0 Å². The average molecular weight is 420 g/mol. The Morgan fingerprint density at radius 3 is 2.53 bits per heavy atom. The largest absolute Gasteiger partial charge is 0.378 e. The summed E-state index contributed by atoms with van der Waals surface area (Å²) < 4.78 is 1.96. The van der Waals surface area contributed by atoms with Gasteiger partial charge in [0.05, 0.1) is 4.88 Å². The molecule has 2 aliphatic rings. The maximum atomic E-state index is 13.3. The minimum atomic E-state index is 0.0813. The van der Waals surface area contributed by atoms with Crippen molar-refractivity contribution in [2.24, 2.45) is 5.92 Å². The Hall–Kier alpha value is -2.86. The van der Waals surface area contributed by atoms with E-state index < -0.39 is 0 Å². The molecular formula is C24H25N3O2S. The van der Waals surface area contributed by atoms with Crippen LogP contribution in [0.4, 0.5) is 5.69 Å². The molecule has 1 aromatic carbocycles. The summed E-state index contributed by atoms with van der Waals surface area (Å²) in [5.41, 5.74) is 3.95. The van der Waals surface area contributed by atoms with Crippen molar-refractivity contribution in [1.82, 2.24) is 9.47 Å². The van der Waals surface area contributed by atoms with Crippen molar-refractivity contribution in [3.05, 3.63) is 74.8 Å². The standard InChI is InChI=1S/C24H25N3O2S/c1-25(2)19-7-5-17(6-8-19)20-9-10-21-18-12-16(14-27(21)23(20)28)13-26(15-18)24(29)22-4-3-11-30-22/h3-11,16,18H,12-15H2,1-2H3/t16-,18+/m0/s1. The van der Waals surface area contributed by atoms with E-state index in [4.69, 9.17) is 0 Å². The van der Waals surface area contributed by atoms with Crippen molar-refractivity contribution in [3.8, 4) is 11.1 Å². The molecule has 5 nitrogen and oxygen atoms in total. The van der Waals surface area contributed by atoms with Gasteiger partial charge in [-0.2, -0.15) is 0 Å². The van der Waals surface area contributed by atoms with Gasteiger partial charge in [0.25, 0.3) is 11.5 Å². The predicted molar refractivity (Wildman–Crippen MR) is 122 cm³/mol. The number of anilines is 1. The van der Waals surface area contributed by atoms with E-state index in [2.05, 4.69) is 6.07 Å². The fourth-order valence-electron chi connectivity index (χ4n) is 4.83. The van der Waals surface area contributed by atoms with E-state index >= 15 is 0 Å². The van der Waals surface area contributed by atoms with Crippen LogP contribution in [0.25, 0.3) is 11.1 Å². The molecule has 154 valence electrons. The summed E-state index contributed by atoms with van der Waals surface area (Å²) in [5, 5.41) is 1.94. The van der Waals surface area contributed by atoms with Crippen LogP contribution in [0.2, 0.25) is 0 Å². The van der Waals surface area contributed by atoms with E-state index in [0.717, 1.165) is 40.4 Å². The molecule has 2 bridgehead atoms. The fourth-order valence-corrected chi connectivity index (χ4v) is 5.52. The molecule has 0 N–H and O–H groups in total. The molecule has 0 spiro atoms. The van der Waals surface area contributed by atoms with Crippen molar-refractivity contribution >= 4 is 22.9 Å². The molecule has 0 unspecified atom stereocenters. The van der Waals surface area contributed by atoms with Crippen LogP contribution in [0.1, 0.15) is 27.7 Å². The van der Waals surface area contributed by atoms with Gasteiger partial charge in [-0.25, -0.2) is 0 Å². The summed E-state index contributed by atoms with van der Waals surface area (Å²) in [6, 6.07) is 16.0. The number of benzene rings is 1. The maximum Gasteiger partial charge on any atom is 0.263 e. The summed E-state index contributed by atoms with van der Waals surface area (Å²) in [7, 11) is 4.02. The Kier molecular flexibility index (Phi) is 4.74. The van der Waals surface area contributed by atoms with E-state index in [9.17, 15) is 9.59 Å². The number of likely N-dealkylation sites (tertiary alicyclic amines) is 1. The van der Waals surface area contributed by atoms with Crippen LogP contribution in [-0.2, 0) is 6.54 Å². The van der Waals surface area contributed by atoms with Crippen LogP contribution in [-0.4, -0.2) is 42.6 Å². The average Bonchev–Trinajstić information content (AvgIpc) is 3.29. The quantitative estimate of drug-likeness (QED) is 0.647. The van der Waals surface area contributed by atoms with Gasteiger partial charge in [0.15, 0.2) is 0 Å². The number of thiophene rings is 1. The van der Waals surface area contributed by atoms with Crippen LogP contribution in [0.5, 0.6) is 0 Å². The molecule has 0 aliphatic carbocycles. The molecule has 4 heterocycles. The van der Waals surface area contributed by atoms with Crippen molar-refractivity contribution in [3.63, 3.8) is 0 Å². The summed E-state index contributed by atoms with van der Waals surface area (Å²) >= 11 is 1.49. The molecule has 1 saturated heterocycles. The van der Waals surface area contributed by atoms with Crippen molar-refractivity contribution < 1.29 is 4.79 Å². The smallest absolute Gasteiger partial charge is 0.263 e. The van der Waals surface area contributed by atoms with Gasteiger partial charge < -0.3 is 14.4 Å². The normalized spacial score (nSPS) is 20.0. The first-order chi connectivity index (χ1) is 14.5. The van der Waals surface area contributed by atoms with Crippen LogP contribution in [0.15, 0.2) is 58.7 Å². The zero-order valence-electron chi connectivity index (χ0n) is 17.2. The van der Waals surface area contributed by atoms with E-state index in [1.807, 2.05) is 76.3 Å². The Balaban J connectivity index is 1.45. The van der Waals surface area contributed by atoms with Gasteiger partial charge >= 0.3 is 0 Å². The second kappa shape index (κ2) is 7.43. The number of aromatic nitrogens is 1. The minimum absolute atomic E-state index is 0.0813. The number of hydrogen-bond acceptors (Lipinski definition) is 4. The molecule has 5 rings (SSSR count). The second-order valence-corrected chi connectivity index (χ2v) is 9.46. The molecule has 30 heavy (non-hydrogen) atoms. The highest BCUT2D eigenvalue weighted by molar-refractivity contribution is 7.12. The monoisotopic (exact) mass is 419 g/mol. The molecule has 0 radical (unpaired) electrons. The Labute approximate surface area is 180 Å². The predicted octanol–water partition coefficient (Wildman–Crippen LogP) is 3.90. The lowest BCUT2D eigenvalue weighted by atomic mass is 9.82. The van der Waals surface area contributed by atoms with Gasteiger partial charge in [-0.3, -0.25) is 9.59 Å². The first kappa shape index (κ1) is 19.1. The van der Waals surface area contributed by atoms with E-state index in [-0.39, 0.29) is 17.4 Å². The fraction of sp³-hybridized carbons (Fsp3) is 0.333. The number of pyridine rings is 1. The SMILES string of the molecule is CN(C)c1ccc(-c2ccc3n(c2=O)C[C@H]2C[C@@H]3CN(C(=O)c3cccs3)C2)cc1. The number of fused-ring (bicyclic) bond motifs is 4. The van der Waals surface area contributed by atoms with E-state index in [1.54, 1.807) is 0 Å². The van der Waals surface area contributed by atoms with Gasteiger partial charge in [-0.15, -0.1) is 11.3 Å². The summed E-state index contributed by atoms with van der Waals surface area (Å²) in [6.07, 6.45) is 1.05. The molecular weight excluding hydrogens is 394 g/mol. The molecule has 6 heteroatoms. The maximum absolute atomic E-state index is 13.3. The minimum Gasteiger partial charge on any atom is -0.378 e. The molecule has 2 aromatic heterocycles. The highest BCUT2D eigenvalue weighted by Crippen LogP contribution is 2.36. The number of piperidine rings is 1. The van der Waals surface area contributed by atoms with Crippen LogP contribution in [0.3, 0.4) is 0 Å². The topological polar surface area (TPSA) is 45.6 Å². The molecule has 0 saturated carbocycles. The van der Waals surface area contributed by atoms with E-state index in [1.165, 1.54) is 11.3 Å². The van der Waals surface area contributed by atoms with Gasteiger partial charge in [-0.05, 0) is 53.6 Å². The second-order valence-electron chi connectivity index (χ2n) is 8.52. The van der Waals surface area contributed by atoms with Crippen molar-refractivity contribution in [2.45, 2.75) is 18.9 Å². The van der Waals surface area contributed by atoms with Gasteiger partial charge in [0.1, 0.15) is 0 Å². The third-order valence-electron chi connectivity index (χ3n) is 6.32. The number of carbonyl (C=O) groups excluding carboxylic acids is 1. The summed E-state index contributed by atoms with van der Waals surface area (Å²) in [4.78, 5) is 31.0. The van der Waals surface area contributed by atoms with Crippen molar-refractivity contribution in [1.29, 1.82) is 0 Å². The lowest BCUT2D eigenvalue weighted by molar-refractivity contribution is 0.0599. The zero-order chi connectivity index (χ0) is 20.8.